The maximum absolute atomic E-state index is 2.49. The number of benzene rings is 3. The van der Waals surface area contributed by atoms with E-state index in [0.717, 1.165) is 6.54 Å². The predicted octanol–water partition coefficient (Wildman–Crippen LogP) is 6.28. The van der Waals surface area contributed by atoms with Gasteiger partial charge >= 0.3 is 0 Å². The summed E-state index contributed by atoms with van der Waals surface area (Å²) in [7, 11) is 2.18. The molecular weight excluding hydrogens is 449 g/mol. The summed E-state index contributed by atoms with van der Waals surface area (Å²) in [6, 6.07) is 30.0. The molecule has 0 aromatic heterocycles. The van der Waals surface area contributed by atoms with Crippen LogP contribution in [0.1, 0.15) is 22.3 Å². The Bertz CT molecular complexity index is 991. The van der Waals surface area contributed by atoms with Crippen molar-refractivity contribution in [1.82, 2.24) is 0 Å². The second kappa shape index (κ2) is 7.80. The molecule has 0 N–H and O–H groups in total. The quantitative estimate of drug-likeness (QED) is 0.323. The molecule has 3 aromatic rings. The first kappa shape index (κ1) is 17.6. The van der Waals surface area contributed by atoms with Crippen LogP contribution in [0.5, 0.6) is 0 Å². The molecule has 0 radical (unpaired) electrons. The lowest BCUT2D eigenvalue weighted by Gasteiger charge is -2.04. The first-order valence-electron chi connectivity index (χ1n) is 8.59. The van der Waals surface area contributed by atoms with Gasteiger partial charge in [-0.25, -0.2) is 4.58 Å². The third-order valence-electron chi connectivity index (χ3n) is 4.44. The normalized spacial score (nSPS) is 17.0. The zero-order valence-corrected chi connectivity index (χ0v) is 17.5. The summed E-state index contributed by atoms with van der Waals surface area (Å²) in [6.45, 7) is 0.909. The molecule has 0 bridgehead atoms. The maximum atomic E-state index is 2.49. The van der Waals surface area contributed by atoms with Crippen LogP contribution >= 0.6 is 34.4 Å². The van der Waals surface area contributed by atoms with E-state index in [1.807, 2.05) is 11.8 Å². The second-order valence-electron chi connectivity index (χ2n) is 6.30. The third-order valence-corrected chi connectivity index (χ3v) is 7.32. The van der Waals surface area contributed by atoms with Crippen LogP contribution in [0.25, 0.3) is 8.48 Å². The Kier molecular flexibility index (Phi) is 5.27. The smallest absolute Gasteiger partial charge is 0.222 e. The van der Waals surface area contributed by atoms with Gasteiger partial charge in [-0.1, -0.05) is 78.9 Å². The van der Waals surface area contributed by atoms with Crippen LogP contribution in [0.4, 0.5) is 0 Å². The molecule has 0 aliphatic carbocycles. The Morgan fingerprint density at radius 1 is 0.808 bits per heavy atom. The molecule has 0 atom stereocenters. The SMILES string of the molecule is C[N+](Cc1ccccc1)=C1S/C(=C(/I)c2ccccc2)c2ccccc21. The van der Waals surface area contributed by atoms with E-state index in [0.29, 0.717) is 0 Å². The Balaban J connectivity index is 1.79. The summed E-state index contributed by atoms with van der Waals surface area (Å²) in [5, 5.41) is 1.32. The number of halogens is 1. The zero-order valence-electron chi connectivity index (χ0n) is 14.5. The molecule has 4 rings (SSSR count). The molecule has 26 heavy (non-hydrogen) atoms. The molecule has 0 unspecified atom stereocenters. The Hall–Kier alpha value is -1.85. The highest BCUT2D eigenvalue weighted by Crippen LogP contribution is 2.47. The van der Waals surface area contributed by atoms with Crippen molar-refractivity contribution >= 4 is 47.9 Å². The van der Waals surface area contributed by atoms with Gasteiger partial charge < -0.3 is 0 Å². The number of thioether (sulfide) groups is 1. The first-order valence-corrected chi connectivity index (χ1v) is 10.5. The molecule has 1 heterocycles. The summed E-state index contributed by atoms with van der Waals surface area (Å²) in [5.74, 6) is 0. The molecule has 1 aliphatic rings. The van der Waals surface area contributed by atoms with Crippen molar-refractivity contribution in [3.8, 4) is 0 Å². The first-order chi connectivity index (χ1) is 12.7. The van der Waals surface area contributed by atoms with E-state index < -0.39 is 0 Å². The largest absolute Gasteiger partial charge is 0.247 e. The Labute approximate surface area is 172 Å². The van der Waals surface area contributed by atoms with Crippen molar-refractivity contribution in [2.24, 2.45) is 0 Å². The van der Waals surface area contributed by atoms with E-state index in [4.69, 9.17) is 0 Å². The topological polar surface area (TPSA) is 3.01 Å². The Morgan fingerprint density at radius 2 is 1.38 bits per heavy atom. The molecule has 0 saturated heterocycles. The lowest BCUT2D eigenvalue weighted by Crippen LogP contribution is -2.13. The van der Waals surface area contributed by atoms with Crippen molar-refractivity contribution in [1.29, 1.82) is 0 Å². The lowest BCUT2D eigenvalue weighted by atomic mass is 10.1. The van der Waals surface area contributed by atoms with Gasteiger partial charge in [-0.05, 0) is 46.0 Å². The highest BCUT2D eigenvalue weighted by atomic mass is 127. The van der Waals surface area contributed by atoms with Crippen molar-refractivity contribution in [2.75, 3.05) is 7.05 Å². The summed E-state index contributed by atoms with van der Waals surface area (Å²) >= 11 is 4.37. The maximum Gasteiger partial charge on any atom is 0.247 e. The molecule has 0 spiro atoms. The van der Waals surface area contributed by atoms with Gasteiger partial charge in [0.15, 0.2) is 6.54 Å². The van der Waals surface area contributed by atoms with Gasteiger partial charge in [0.05, 0.1) is 5.56 Å². The monoisotopic (exact) mass is 468 g/mol. The summed E-state index contributed by atoms with van der Waals surface area (Å²) in [4.78, 5) is 1.35. The van der Waals surface area contributed by atoms with Crippen LogP contribution < -0.4 is 0 Å². The van der Waals surface area contributed by atoms with Crippen LogP contribution in [0.3, 0.4) is 0 Å². The molecule has 0 saturated carbocycles. The average Bonchev–Trinajstić information content (AvgIpc) is 3.09. The van der Waals surface area contributed by atoms with Gasteiger partial charge in [0.25, 0.3) is 0 Å². The molecule has 3 heteroatoms. The van der Waals surface area contributed by atoms with E-state index in [1.165, 1.54) is 35.8 Å². The standard InChI is InChI=1S/C23H19INS/c1-25(16-17-10-4-2-5-11-17)23-20-15-9-8-14-19(20)22(26-23)21(24)18-12-6-3-7-13-18/h2-15H,16H2,1H3/q+1/b22-21+,25-23?. The molecule has 0 amide bonds. The third kappa shape index (κ3) is 3.51. The molecule has 0 fully saturated rings. The second-order valence-corrected chi connectivity index (χ2v) is 8.38. The van der Waals surface area contributed by atoms with E-state index in [-0.39, 0.29) is 0 Å². The summed E-state index contributed by atoms with van der Waals surface area (Å²) < 4.78 is 3.67. The van der Waals surface area contributed by atoms with Crippen LogP contribution in [0.15, 0.2) is 84.9 Å². The van der Waals surface area contributed by atoms with E-state index in [2.05, 4.69) is 119 Å². The highest BCUT2D eigenvalue weighted by molar-refractivity contribution is 14.1. The van der Waals surface area contributed by atoms with Gasteiger partial charge in [0.2, 0.25) is 5.04 Å². The van der Waals surface area contributed by atoms with E-state index in [1.54, 1.807) is 0 Å². The van der Waals surface area contributed by atoms with Crippen molar-refractivity contribution in [2.45, 2.75) is 6.54 Å². The van der Waals surface area contributed by atoms with Gasteiger partial charge in [-0.15, -0.1) is 0 Å². The molecule has 3 aromatic carbocycles. The fraction of sp³-hybridized carbons (Fsp3) is 0.0870. The van der Waals surface area contributed by atoms with E-state index in [9.17, 15) is 0 Å². The average molecular weight is 468 g/mol. The predicted molar refractivity (Wildman–Crippen MR) is 122 cm³/mol. The Morgan fingerprint density at radius 3 is 2.08 bits per heavy atom. The molecule has 1 aliphatic heterocycles. The van der Waals surface area contributed by atoms with Crippen molar-refractivity contribution < 1.29 is 4.58 Å². The van der Waals surface area contributed by atoms with Crippen LogP contribution in [-0.2, 0) is 6.54 Å². The number of fused-ring (bicyclic) bond motifs is 1. The minimum Gasteiger partial charge on any atom is -0.222 e. The number of hydrogen-bond donors (Lipinski definition) is 0. The minimum atomic E-state index is 0.909. The van der Waals surface area contributed by atoms with Crippen LogP contribution in [0.2, 0.25) is 0 Å². The van der Waals surface area contributed by atoms with Gasteiger partial charge in [-0.2, -0.15) is 0 Å². The number of nitrogens with zero attached hydrogens (tertiary/aromatic N) is 1. The van der Waals surface area contributed by atoms with Crippen molar-refractivity contribution in [3.05, 3.63) is 107 Å². The van der Waals surface area contributed by atoms with Crippen LogP contribution in [0, 0.1) is 0 Å². The van der Waals surface area contributed by atoms with Gasteiger partial charge in [0.1, 0.15) is 7.05 Å². The van der Waals surface area contributed by atoms with Gasteiger partial charge in [0, 0.05) is 19.6 Å². The molecule has 1 nitrogen and oxygen atoms in total. The minimum absolute atomic E-state index is 0.909. The van der Waals surface area contributed by atoms with Crippen LogP contribution in [-0.4, -0.2) is 16.7 Å². The highest BCUT2D eigenvalue weighted by Gasteiger charge is 2.31. The summed E-state index contributed by atoms with van der Waals surface area (Å²) in [6.07, 6.45) is 0. The fourth-order valence-corrected chi connectivity index (χ4v) is 5.34. The number of rotatable bonds is 3. The van der Waals surface area contributed by atoms with Gasteiger partial charge in [-0.3, -0.25) is 0 Å². The number of hydrogen-bond acceptors (Lipinski definition) is 1. The fourth-order valence-electron chi connectivity index (χ4n) is 3.17. The summed E-state index contributed by atoms with van der Waals surface area (Å²) in [5.41, 5.74) is 5.27. The van der Waals surface area contributed by atoms with Crippen molar-refractivity contribution in [3.63, 3.8) is 0 Å². The lowest BCUT2D eigenvalue weighted by molar-refractivity contribution is -0.510. The molecular formula is C23H19INS+. The van der Waals surface area contributed by atoms with E-state index >= 15 is 0 Å². The zero-order chi connectivity index (χ0) is 17.9. The molecule has 128 valence electrons.